The summed E-state index contributed by atoms with van der Waals surface area (Å²) in [5.74, 6) is 0.0368. The van der Waals surface area contributed by atoms with Crippen LogP contribution < -0.4 is 15.1 Å². The Morgan fingerprint density at radius 2 is 1.82 bits per heavy atom. The van der Waals surface area contributed by atoms with E-state index in [1.54, 1.807) is 11.8 Å². The summed E-state index contributed by atoms with van der Waals surface area (Å²) in [5, 5.41) is 2.88. The highest BCUT2D eigenvalue weighted by molar-refractivity contribution is 8.00. The number of carbonyl (C=O) groups is 2. The highest BCUT2D eigenvalue weighted by Crippen LogP contribution is 2.35. The van der Waals surface area contributed by atoms with Crippen LogP contribution in [0.1, 0.15) is 21.5 Å². The number of fused-ring (bicyclic) bond motifs is 1. The number of quaternary nitrogens is 1. The van der Waals surface area contributed by atoms with Crippen molar-refractivity contribution >= 4 is 35.0 Å². The van der Waals surface area contributed by atoms with Gasteiger partial charge in [0.2, 0.25) is 5.37 Å². The number of nitrogens with one attached hydrogen (secondary N) is 2. The van der Waals surface area contributed by atoms with Crippen LogP contribution in [0.4, 0.5) is 11.4 Å². The molecule has 7 nitrogen and oxygen atoms in total. The Hall–Kier alpha value is -2.55. The van der Waals surface area contributed by atoms with Gasteiger partial charge in [0.1, 0.15) is 13.1 Å². The lowest BCUT2D eigenvalue weighted by Gasteiger charge is -2.37. The van der Waals surface area contributed by atoms with Gasteiger partial charge in [0.05, 0.1) is 18.9 Å². The van der Waals surface area contributed by atoms with Crippen LogP contribution in [-0.2, 0) is 9.53 Å². The lowest BCUT2D eigenvalue weighted by atomic mass is 10.1. The largest absolute Gasteiger partial charge is 0.370 e. The molecule has 2 aromatic rings. The van der Waals surface area contributed by atoms with Crippen LogP contribution in [-0.4, -0.2) is 74.6 Å². The summed E-state index contributed by atoms with van der Waals surface area (Å²) < 4.78 is 5.43. The lowest BCUT2D eigenvalue weighted by Crippen LogP contribution is -3.18. The van der Waals surface area contributed by atoms with Crippen molar-refractivity contribution in [2.24, 2.45) is 0 Å². The summed E-state index contributed by atoms with van der Waals surface area (Å²) in [7, 11) is 0. The van der Waals surface area contributed by atoms with Crippen LogP contribution in [0.3, 0.4) is 0 Å². The molecule has 0 saturated carbocycles. The van der Waals surface area contributed by atoms with E-state index in [9.17, 15) is 9.59 Å². The number of ether oxygens (including phenoxy) is 1. The third-order valence-corrected chi connectivity index (χ3v) is 8.14. The number of anilines is 2. The highest BCUT2D eigenvalue weighted by Gasteiger charge is 2.37. The predicted octanol–water partition coefficient (Wildman–Crippen LogP) is 1.55. The molecule has 2 aromatic carbocycles. The zero-order chi connectivity index (χ0) is 22.9. The first-order valence-corrected chi connectivity index (χ1v) is 12.5. The second-order valence-corrected chi connectivity index (χ2v) is 10.2. The summed E-state index contributed by atoms with van der Waals surface area (Å²) in [6.45, 7) is 10.3. The van der Waals surface area contributed by atoms with Crippen LogP contribution in [0.25, 0.3) is 0 Å². The van der Waals surface area contributed by atoms with Gasteiger partial charge in [0.15, 0.2) is 0 Å². The van der Waals surface area contributed by atoms with Crippen molar-refractivity contribution in [1.82, 2.24) is 4.90 Å². The summed E-state index contributed by atoms with van der Waals surface area (Å²) in [6, 6.07) is 12.2. The van der Waals surface area contributed by atoms with Gasteiger partial charge in [-0.15, -0.1) is 0 Å². The van der Waals surface area contributed by atoms with E-state index >= 15 is 0 Å². The Bertz CT molecular complexity index is 1060. The Balaban J connectivity index is 1.25. The minimum absolute atomic E-state index is 0.0103. The molecule has 1 unspecified atom stereocenters. The first-order valence-electron chi connectivity index (χ1n) is 11.6. The molecule has 174 valence electrons. The zero-order valence-electron chi connectivity index (χ0n) is 19.2. The molecule has 33 heavy (non-hydrogen) atoms. The third-order valence-electron chi connectivity index (χ3n) is 6.75. The predicted molar refractivity (Wildman–Crippen MR) is 130 cm³/mol. The molecule has 2 amide bonds. The van der Waals surface area contributed by atoms with Gasteiger partial charge in [0, 0.05) is 42.3 Å². The van der Waals surface area contributed by atoms with Crippen LogP contribution in [0.5, 0.6) is 0 Å². The third kappa shape index (κ3) is 4.60. The molecule has 3 aliphatic heterocycles. The number of hydrogen-bond donors (Lipinski definition) is 2. The van der Waals surface area contributed by atoms with Crippen molar-refractivity contribution in [3.05, 3.63) is 53.1 Å². The van der Waals surface area contributed by atoms with E-state index in [1.165, 1.54) is 21.7 Å². The highest BCUT2D eigenvalue weighted by atomic mass is 32.2. The molecule has 3 aliphatic rings. The number of piperazine rings is 1. The number of hydrogen-bond acceptors (Lipinski definition) is 5. The molecule has 2 fully saturated rings. The first kappa shape index (κ1) is 22.3. The average molecular weight is 468 g/mol. The van der Waals surface area contributed by atoms with Crippen LogP contribution >= 0.6 is 11.8 Å². The van der Waals surface area contributed by atoms with Gasteiger partial charge >= 0.3 is 0 Å². The molecule has 2 saturated heterocycles. The topological polar surface area (TPSA) is 66.3 Å². The molecule has 0 spiro atoms. The monoisotopic (exact) mass is 467 g/mol. The van der Waals surface area contributed by atoms with Crippen molar-refractivity contribution in [2.75, 3.05) is 62.7 Å². The summed E-state index contributed by atoms with van der Waals surface area (Å²) in [6.07, 6.45) is 0. The summed E-state index contributed by atoms with van der Waals surface area (Å²) in [5.41, 5.74) is 5.15. The van der Waals surface area contributed by atoms with E-state index in [0.717, 1.165) is 36.8 Å². The molecule has 0 aromatic heterocycles. The standard InChI is InChI=1S/C25H30N4O3S/c1-17-3-4-18(2)21(15-17)27-7-9-28(10-8-27)24(31)19-5-6-22-20(16-19)26-23(30)25(33-22)29-11-13-32-14-12-29/h3-6,15-16,25H,7-14H2,1-2H3,(H,26,30)/p+1. The molecule has 2 N–H and O–H groups in total. The summed E-state index contributed by atoms with van der Waals surface area (Å²) in [4.78, 5) is 32.5. The van der Waals surface area contributed by atoms with E-state index in [-0.39, 0.29) is 17.2 Å². The van der Waals surface area contributed by atoms with Crippen LogP contribution in [0.2, 0.25) is 0 Å². The minimum atomic E-state index is -0.166. The number of morpholine rings is 1. The van der Waals surface area contributed by atoms with Gasteiger partial charge in [-0.1, -0.05) is 23.9 Å². The van der Waals surface area contributed by atoms with Crippen molar-refractivity contribution in [2.45, 2.75) is 24.1 Å². The maximum Gasteiger partial charge on any atom is 0.294 e. The van der Waals surface area contributed by atoms with Crippen LogP contribution in [0.15, 0.2) is 41.3 Å². The zero-order valence-corrected chi connectivity index (χ0v) is 20.0. The SMILES string of the molecule is Cc1ccc(C)c(N2CCN(C(=O)c3ccc4c(c3)NC(=O)C([NH+]3CCOCC3)S4)CC2)c1. The van der Waals surface area contributed by atoms with Gasteiger partial charge in [0.25, 0.3) is 11.8 Å². The van der Waals surface area contributed by atoms with Crippen molar-refractivity contribution in [1.29, 1.82) is 0 Å². The molecule has 0 radical (unpaired) electrons. The second-order valence-electron chi connectivity index (χ2n) is 9.04. The lowest BCUT2D eigenvalue weighted by molar-refractivity contribution is -0.909. The average Bonchev–Trinajstić information content (AvgIpc) is 2.85. The number of rotatable bonds is 3. The second kappa shape index (κ2) is 9.37. The van der Waals surface area contributed by atoms with E-state index < -0.39 is 0 Å². The number of thioether (sulfide) groups is 1. The van der Waals surface area contributed by atoms with Crippen LogP contribution in [0, 0.1) is 13.8 Å². The summed E-state index contributed by atoms with van der Waals surface area (Å²) >= 11 is 1.59. The van der Waals surface area contributed by atoms with Gasteiger partial charge < -0.3 is 24.8 Å². The van der Waals surface area contributed by atoms with Crippen molar-refractivity contribution in [3.63, 3.8) is 0 Å². The van der Waals surface area contributed by atoms with E-state index in [2.05, 4.69) is 42.3 Å². The Morgan fingerprint density at radius 3 is 2.58 bits per heavy atom. The fourth-order valence-corrected chi connectivity index (χ4v) is 6.01. The molecule has 1 atom stereocenters. The molecule has 0 aliphatic carbocycles. The number of benzene rings is 2. The quantitative estimate of drug-likeness (QED) is 0.717. The Morgan fingerprint density at radius 1 is 1.06 bits per heavy atom. The number of amides is 2. The minimum Gasteiger partial charge on any atom is -0.370 e. The Labute approximate surface area is 199 Å². The molecule has 0 bridgehead atoms. The van der Waals surface area contributed by atoms with Gasteiger partial charge in [-0.3, -0.25) is 9.59 Å². The van der Waals surface area contributed by atoms with Gasteiger partial charge in [-0.2, -0.15) is 0 Å². The normalized spacial score (nSPS) is 21.5. The molecule has 3 heterocycles. The molecular formula is C25H31N4O3S+. The van der Waals surface area contributed by atoms with E-state index in [4.69, 9.17) is 4.74 Å². The smallest absolute Gasteiger partial charge is 0.294 e. The van der Waals surface area contributed by atoms with Gasteiger partial charge in [-0.25, -0.2) is 0 Å². The molecular weight excluding hydrogens is 436 g/mol. The number of carbonyl (C=O) groups excluding carboxylic acids is 2. The first-order chi connectivity index (χ1) is 16.0. The van der Waals surface area contributed by atoms with E-state index in [1.807, 2.05) is 23.1 Å². The van der Waals surface area contributed by atoms with E-state index in [0.29, 0.717) is 31.9 Å². The van der Waals surface area contributed by atoms with Gasteiger partial charge in [-0.05, 0) is 49.2 Å². The number of aryl methyl sites for hydroxylation is 2. The van der Waals surface area contributed by atoms with Crippen molar-refractivity contribution < 1.29 is 19.2 Å². The number of nitrogens with zero attached hydrogens (tertiary/aromatic N) is 2. The maximum atomic E-state index is 13.2. The fourth-order valence-electron chi connectivity index (χ4n) is 4.80. The van der Waals surface area contributed by atoms with Crippen molar-refractivity contribution in [3.8, 4) is 0 Å². The molecule has 8 heteroatoms. The fraction of sp³-hybridized carbons (Fsp3) is 0.440. The Kier molecular flexibility index (Phi) is 6.32. The molecule has 5 rings (SSSR count). The maximum absolute atomic E-state index is 13.2.